The number of rotatable bonds is 3. The van der Waals surface area contributed by atoms with Crippen LogP contribution in [0.5, 0.6) is 5.75 Å². The number of hydrogen-bond donors (Lipinski definition) is 0. The summed E-state index contributed by atoms with van der Waals surface area (Å²) >= 11 is 0. The highest BCUT2D eigenvalue weighted by Gasteiger charge is 2.05. The maximum absolute atomic E-state index is 11.0. The molecule has 0 unspecified atom stereocenters. The molecule has 0 saturated heterocycles. The van der Waals surface area contributed by atoms with Crippen molar-refractivity contribution in [1.82, 2.24) is 0 Å². The molecular weight excluding hydrogens is 224 g/mol. The van der Waals surface area contributed by atoms with Gasteiger partial charge in [-0.2, -0.15) is 0 Å². The normalized spacial score (nSPS) is 10.2. The fourth-order valence-corrected chi connectivity index (χ4v) is 1.93. The minimum absolute atomic E-state index is 0.577. The van der Waals surface area contributed by atoms with E-state index in [1.165, 1.54) is 11.1 Å². The Morgan fingerprint density at radius 2 is 1.61 bits per heavy atom. The lowest BCUT2D eigenvalue weighted by Crippen LogP contribution is -1.91. The molecule has 2 aromatic carbocycles. The van der Waals surface area contributed by atoms with Crippen LogP contribution in [0.15, 0.2) is 36.4 Å². The molecule has 2 aromatic rings. The van der Waals surface area contributed by atoms with Gasteiger partial charge in [0.2, 0.25) is 0 Å². The van der Waals surface area contributed by atoms with Crippen LogP contribution in [0.1, 0.15) is 21.5 Å². The quantitative estimate of drug-likeness (QED) is 0.763. The number of ether oxygens (including phenoxy) is 1. The monoisotopic (exact) mass is 240 g/mol. The molecule has 2 nitrogen and oxygen atoms in total. The number of carbonyl (C=O) groups excluding carboxylic acids is 1. The zero-order valence-corrected chi connectivity index (χ0v) is 10.9. The van der Waals surface area contributed by atoms with E-state index in [-0.39, 0.29) is 0 Å². The van der Waals surface area contributed by atoms with Crippen molar-refractivity contribution in [2.45, 2.75) is 13.8 Å². The van der Waals surface area contributed by atoms with E-state index in [0.717, 1.165) is 17.4 Å². The van der Waals surface area contributed by atoms with E-state index in [1.54, 1.807) is 7.11 Å². The summed E-state index contributed by atoms with van der Waals surface area (Å²) in [6.07, 6.45) is 0.823. The first-order chi connectivity index (χ1) is 8.65. The van der Waals surface area contributed by atoms with Gasteiger partial charge >= 0.3 is 0 Å². The second kappa shape index (κ2) is 5.05. The number of hydrogen-bond acceptors (Lipinski definition) is 2. The molecular formula is C16H16O2. The summed E-state index contributed by atoms with van der Waals surface area (Å²) in [5.74, 6) is 0.609. The molecule has 0 aliphatic rings. The summed E-state index contributed by atoms with van der Waals surface area (Å²) in [7, 11) is 1.57. The Hall–Kier alpha value is -2.09. The predicted octanol–water partition coefficient (Wildman–Crippen LogP) is 3.79. The van der Waals surface area contributed by atoms with Gasteiger partial charge in [-0.25, -0.2) is 0 Å². The Kier molecular flexibility index (Phi) is 3.47. The van der Waals surface area contributed by atoms with Crippen molar-refractivity contribution in [2.75, 3.05) is 7.11 Å². The molecule has 92 valence electrons. The maximum Gasteiger partial charge on any atom is 0.153 e. The van der Waals surface area contributed by atoms with Gasteiger partial charge in [0.15, 0.2) is 6.29 Å². The van der Waals surface area contributed by atoms with Crippen LogP contribution in [0.2, 0.25) is 0 Å². The first kappa shape index (κ1) is 12.4. The average Bonchev–Trinajstić information content (AvgIpc) is 2.41. The zero-order valence-electron chi connectivity index (χ0n) is 10.9. The summed E-state index contributed by atoms with van der Waals surface area (Å²) < 4.78 is 5.14. The van der Waals surface area contributed by atoms with Crippen LogP contribution < -0.4 is 4.74 Å². The molecule has 2 rings (SSSR count). The Morgan fingerprint density at radius 1 is 0.944 bits per heavy atom. The first-order valence-electron chi connectivity index (χ1n) is 5.86. The van der Waals surface area contributed by atoms with E-state index in [9.17, 15) is 4.79 Å². The molecule has 0 heterocycles. The van der Waals surface area contributed by atoms with Crippen LogP contribution in [-0.2, 0) is 0 Å². The van der Waals surface area contributed by atoms with Crippen LogP contribution >= 0.6 is 0 Å². The van der Waals surface area contributed by atoms with E-state index in [0.29, 0.717) is 11.3 Å². The minimum Gasteiger partial charge on any atom is -0.496 e. The highest BCUT2D eigenvalue weighted by atomic mass is 16.5. The highest BCUT2D eigenvalue weighted by molar-refractivity contribution is 5.83. The van der Waals surface area contributed by atoms with E-state index in [1.807, 2.05) is 18.2 Å². The van der Waals surface area contributed by atoms with Crippen molar-refractivity contribution in [3.05, 3.63) is 53.1 Å². The fraction of sp³-hybridized carbons (Fsp3) is 0.188. The summed E-state index contributed by atoms with van der Waals surface area (Å²) in [5.41, 5.74) is 5.23. The smallest absolute Gasteiger partial charge is 0.153 e. The lowest BCUT2D eigenvalue weighted by Gasteiger charge is -2.08. The molecule has 0 N–H and O–H groups in total. The van der Waals surface area contributed by atoms with E-state index < -0.39 is 0 Å². The molecule has 0 amide bonds. The molecule has 0 saturated carbocycles. The van der Waals surface area contributed by atoms with Gasteiger partial charge in [0, 0.05) is 0 Å². The summed E-state index contributed by atoms with van der Waals surface area (Å²) in [6.45, 7) is 4.17. The summed E-state index contributed by atoms with van der Waals surface area (Å²) in [5, 5.41) is 0. The van der Waals surface area contributed by atoms with Crippen LogP contribution in [0, 0.1) is 13.8 Å². The van der Waals surface area contributed by atoms with Crippen molar-refractivity contribution in [3.63, 3.8) is 0 Å². The van der Waals surface area contributed by atoms with Crippen molar-refractivity contribution in [1.29, 1.82) is 0 Å². The van der Waals surface area contributed by atoms with Crippen molar-refractivity contribution < 1.29 is 9.53 Å². The van der Waals surface area contributed by atoms with Crippen molar-refractivity contribution in [3.8, 4) is 16.9 Å². The van der Waals surface area contributed by atoms with Crippen molar-refractivity contribution in [2.24, 2.45) is 0 Å². The lowest BCUT2D eigenvalue weighted by atomic mass is 9.99. The summed E-state index contributed by atoms with van der Waals surface area (Å²) in [6, 6.07) is 11.9. The lowest BCUT2D eigenvalue weighted by molar-refractivity contribution is 0.112. The third kappa shape index (κ3) is 2.28. The largest absolute Gasteiger partial charge is 0.496 e. The number of methoxy groups -OCH3 is 1. The summed E-state index contributed by atoms with van der Waals surface area (Å²) in [4.78, 5) is 11.0. The highest BCUT2D eigenvalue weighted by Crippen LogP contribution is 2.27. The molecule has 0 bridgehead atoms. The van der Waals surface area contributed by atoms with Crippen LogP contribution in [0.25, 0.3) is 11.1 Å². The number of benzene rings is 2. The van der Waals surface area contributed by atoms with E-state index in [4.69, 9.17) is 4.74 Å². The second-order valence-electron chi connectivity index (χ2n) is 4.37. The van der Waals surface area contributed by atoms with Gasteiger partial charge in [0.25, 0.3) is 0 Å². The van der Waals surface area contributed by atoms with Crippen LogP contribution in [0.4, 0.5) is 0 Å². The van der Waals surface area contributed by atoms with Gasteiger partial charge in [-0.15, -0.1) is 0 Å². The molecule has 0 aromatic heterocycles. The molecule has 0 fully saturated rings. The SMILES string of the molecule is COc1ccc(-c2ccc(C)c(C)c2)cc1C=O. The van der Waals surface area contributed by atoms with Crippen LogP contribution in [0.3, 0.4) is 0 Å². The van der Waals surface area contributed by atoms with Gasteiger partial charge in [-0.3, -0.25) is 4.79 Å². The van der Waals surface area contributed by atoms with Crippen LogP contribution in [-0.4, -0.2) is 13.4 Å². The fourth-order valence-electron chi connectivity index (χ4n) is 1.93. The maximum atomic E-state index is 11.0. The molecule has 0 aliphatic carbocycles. The zero-order chi connectivity index (χ0) is 13.1. The Bertz CT molecular complexity index is 586. The molecule has 0 aliphatic heterocycles. The van der Waals surface area contributed by atoms with E-state index >= 15 is 0 Å². The molecule has 0 spiro atoms. The third-order valence-corrected chi connectivity index (χ3v) is 3.20. The number of aldehydes is 1. The predicted molar refractivity (Wildman–Crippen MR) is 73.3 cm³/mol. The minimum atomic E-state index is 0.577. The second-order valence-corrected chi connectivity index (χ2v) is 4.37. The van der Waals surface area contributed by atoms with Gasteiger partial charge in [0.05, 0.1) is 12.7 Å². The standard InChI is InChI=1S/C16H16O2/c1-11-4-5-13(8-12(11)2)14-6-7-16(18-3)15(9-14)10-17/h4-10H,1-3H3. The molecule has 0 atom stereocenters. The Balaban J connectivity index is 2.50. The van der Waals surface area contributed by atoms with Gasteiger partial charge < -0.3 is 4.74 Å². The number of aryl methyl sites for hydroxylation is 2. The molecule has 2 heteroatoms. The average molecular weight is 240 g/mol. The van der Waals surface area contributed by atoms with Crippen molar-refractivity contribution >= 4 is 6.29 Å². The number of carbonyl (C=O) groups is 1. The van der Waals surface area contributed by atoms with E-state index in [2.05, 4.69) is 32.0 Å². The van der Waals surface area contributed by atoms with Gasteiger partial charge in [0.1, 0.15) is 5.75 Å². The molecule has 0 radical (unpaired) electrons. The third-order valence-electron chi connectivity index (χ3n) is 3.20. The van der Waals surface area contributed by atoms with Gasteiger partial charge in [-0.1, -0.05) is 24.3 Å². The topological polar surface area (TPSA) is 26.3 Å². The Labute approximate surface area is 107 Å². The molecule has 18 heavy (non-hydrogen) atoms. The first-order valence-corrected chi connectivity index (χ1v) is 5.86. The Morgan fingerprint density at radius 3 is 2.22 bits per heavy atom. The van der Waals surface area contributed by atoms with Gasteiger partial charge in [-0.05, 0) is 48.2 Å².